The molecule has 0 aliphatic rings. The van der Waals surface area contributed by atoms with Gasteiger partial charge in [0.1, 0.15) is 0 Å². The van der Waals surface area contributed by atoms with Crippen LogP contribution in [0.2, 0.25) is 0 Å². The van der Waals surface area contributed by atoms with E-state index in [4.69, 9.17) is 0 Å². The predicted molar refractivity (Wildman–Crippen MR) is 109 cm³/mol. The maximum atomic E-state index is 12.4. The van der Waals surface area contributed by atoms with Crippen LogP contribution in [-0.4, -0.2) is 24.6 Å². The second-order valence-electron chi connectivity index (χ2n) is 6.13. The first-order valence-corrected chi connectivity index (χ1v) is 11.4. The Morgan fingerprint density at radius 3 is 2.48 bits per heavy atom. The quantitative estimate of drug-likeness (QED) is 0.633. The summed E-state index contributed by atoms with van der Waals surface area (Å²) in [5.41, 5.74) is 2.32. The number of nitrogens with zero attached hydrogens (tertiary/aromatic N) is 2. The van der Waals surface area contributed by atoms with Crippen molar-refractivity contribution in [1.82, 2.24) is 4.57 Å². The number of hydrogen-bond donors (Lipinski definition) is 0. The molecule has 0 unspecified atom stereocenters. The van der Waals surface area contributed by atoms with E-state index in [-0.39, 0.29) is 17.1 Å². The average Bonchev–Trinajstić information content (AvgIpc) is 3.04. The molecule has 0 aliphatic heterocycles. The molecule has 0 saturated carbocycles. The van der Waals surface area contributed by atoms with Gasteiger partial charge in [0.2, 0.25) is 5.91 Å². The lowest BCUT2D eigenvalue weighted by Gasteiger charge is -2.05. The molecule has 0 radical (unpaired) electrons. The summed E-state index contributed by atoms with van der Waals surface area (Å²) in [5.74, 6) is -0.655. The zero-order chi connectivity index (χ0) is 19.4. The molecule has 0 aliphatic carbocycles. The summed E-state index contributed by atoms with van der Waals surface area (Å²) in [6.07, 6.45) is 0.770. The minimum absolute atomic E-state index is 0.129. The van der Waals surface area contributed by atoms with E-state index < -0.39 is 15.7 Å². The Kier molecular flexibility index (Phi) is 5.92. The lowest BCUT2D eigenvalue weighted by atomic mass is 10.1. The zero-order valence-electron chi connectivity index (χ0n) is 15.4. The van der Waals surface area contributed by atoms with E-state index >= 15 is 0 Å². The van der Waals surface area contributed by atoms with Gasteiger partial charge < -0.3 is 4.57 Å². The molecule has 1 amide bonds. The van der Waals surface area contributed by atoms with Crippen molar-refractivity contribution in [2.24, 2.45) is 4.99 Å². The number of fused-ring (bicyclic) bond motifs is 1. The highest BCUT2D eigenvalue weighted by molar-refractivity contribution is 7.91. The predicted octanol–water partition coefficient (Wildman–Crippen LogP) is 3.58. The van der Waals surface area contributed by atoms with Gasteiger partial charge in [-0.25, -0.2) is 8.42 Å². The van der Waals surface area contributed by atoms with Gasteiger partial charge >= 0.3 is 0 Å². The average molecular weight is 403 g/mol. The summed E-state index contributed by atoms with van der Waals surface area (Å²) in [4.78, 5) is 17.4. The molecule has 0 bridgehead atoms. The van der Waals surface area contributed by atoms with Crippen molar-refractivity contribution in [2.45, 2.75) is 38.1 Å². The SMILES string of the molecule is CCc1cccc2sc(=NC(=O)CCS(=O)(=O)c3ccccc3)n(CC)c12. The summed E-state index contributed by atoms with van der Waals surface area (Å²) in [6, 6.07) is 14.3. The molecule has 3 aromatic rings. The van der Waals surface area contributed by atoms with Crippen LogP contribution < -0.4 is 4.80 Å². The maximum Gasteiger partial charge on any atom is 0.249 e. The monoisotopic (exact) mass is 402 g/mol. The minimum Gasteiger partial charge on any atom is -0.316 e. The molecule has 3 rings (SSSR count). The van der Waals surface area contributed by atoms with Crippen molar-refractivity contribution in [3.05, 3.63) is 58.9 Å². The van der Waals surface area contributed by atoms with E-state index in [0.29, 0.717) is 11.3 Å². The second-order valence-corrected chi connectivity index (χ2v) is 9.25. The number of thiazole rings is 1. The van der Waals surface area contributed by atoms with E-state index in [1.165, 1.54) is 16.9 Å². The fourth-order valence-corrected chi connectivity index (χ4v) is 5.41. The minimum atomic E-state index is -3.48. The fraction of sp³-hybridized carbons (Fsp3) is 0.300. The van der Waals surface area contributed by atoms with Crippen molar-refractivity contribution in [2.75, 3.05) is 5.75 Å². The third-order valence-electron chi connectivity index (χ3n) is 4.39. The van der Waals surface area contributed by atoms with Crippen LogP contribution in [0, 0.1) is 0 Å². The van der Waals surface area contributed by atoms with Crippen LogP contribution in [0.25, 0.3) is 10.2 Å². The Morgan fingerprint density at radius 2 is 1.81 bits per heavy atom. The number of benzene rings is 2. The molecule has 0 atom stereocenters. The highest BCUT2D eigenvalue weighted by Gasteiger charge is 2.16. The molecule has 27 heavy (non-hydrogen) atoms. The van der Waals surface area contributed by atoms with Gasteiger partial charge in [0.15, 0.2) is 14.6 Å². The Labute approximate surface area is 162 Å². The summed E-state index contributed by atoms with van der Waals surface area (Å²) >= 11 is 1.46. The normalized spacial score (nSPS) is 12.6. The first kappa shape index (κ1) is 19.5. The van der Waals surface area contributed by atoms with E-state index in [9.17, 15) is 13.2 Å². The molecule has 2 aromatic carbocycles. The second kappa shape index (κ2) is 8.19. The summed E-state index contributed by atoms with van der Waals surface area (Å²) in [6.45, 7) is 4.82. The van der Waals surface area contributed by atoms with Crippen LogP contribution >= 0.6 is 11.3 Å². The molecule has 1 aromatic heterocycles. The molecule has 1 heterocycles. The molecule has 7 heteroatoms. The van der Waals surface area contributed by atoms with E-state index in [2.05, 4.69) is 18.0 Å². The molecular weight excluding hydrogens is 380 g/mol. The highest BCUT2D eigenvalue weighted by Crippen LogP contribution is 2.22. The zero-order valence-corrected chi connectivity index (χ0v) is 17.0. The van der Waals surface area contributed by atoms with Gasteiger partial charge in [0.05, 0.1) is 20.9 Å². The number of carbonyl (C=O) groups is 1. The highest BCUT2D eigenvalue weighted by atomic mass is 32.2. The number of amides is 1. The first-order chi connectivity index (χ1) is 13.0. The van der Waals surface area contributed by atoms with Crippen molar-refractivity contribution in [3.8, 4) is 0 Å². The Hall–Kier alpha value is -2.25. The van der Waals surface area contributed by atoms with Crippen LogP contribution in [0.5, 0.6) is 0 Å². The van der Waals surface area contributed by atoms with Crippen molar-refractivity contribution < 1.29 is 13.2 Å². The molecular formula is C20H22N2O3S2. The van der Waals surface area contributed by atoms with E-state index in [1.807, 2.05) is 23.6 Å². The Bertz CT molecular complexity index is 1130. The van der Waals surface area contributed by atoms with Crippen LogP contribution in [0.1, 0.15) is 25.8 Å². The third-order valence-corrected chi connectivity index (χ3v) is 7.16. The standard InChI is InChI=1S/C20H22N2O3S2/c1-3-15-9-8-12-17-19(15)22(4-2)20(26-17)21-18(23)13-14-27(24,25)16-10-6-5-7-11-16/h5-12H,3-4,13-14H2,1-2H3. The van der Waals surface area contributed by atoms with Gasteiger partial charge in [-0.1, -0.05) is 48.6 Å². The molecule has 5 nitrogen and oxygen atoms in total. The summed E-state index contributed by atoms with van der Waals surface area (Å²) in [7, 11) is -3.48. The third kappa shape index (κ3) is 4.20. The fourth-order valence-electron chi connectivity index (χ4n) is 3.00. The topological polar surface area (TPSA) is 68.5 Å². The number of rotatable bonds is 6. The molecule has 142 valence electrons. The van der Waals surface area contributed by atoms with E-state index in [0.717, 1.165) is 16.6 Å². The smallest absolute Gasteiger partial charge is 0.249 e. The lowest BCUT2D eigenvalue weighted by molar-refractivity contribution is -0.117. The van der Waals surface area contributed by atoms with Crippen LogP contribution in [0.4, 0.5) is 0 Å². The number of para-hydroxylation sites is 1. The van der Waals surface area contributed by atoms with Crippen LogP contribution in [0.15, 0.2) is 58.4 Å². The van der Waals surface area contributed by atoms with Crippen molar-refractivity contribution in [1.29, 1.82) is 0 Å². The van der Waals surface area contributed by atoms with Crippen molar-refractivity contribution >= 4 is 37.3 Å². The van der Waals surface area contributed by atoms with Crippen LogP contribution in [-0.2, 0) is 27.6 Å². The summed E-state index contributed by atoms with van der Waals surface area (Å²) in [5, 5.41) is 0. The first-order valence-electron chi connectivity index (χ1n) is 8.93. The van der Waals surface area contributed by atoms with Gasteiger partial charge in [-0.3, -0.25) is 4.79 Å². The number of aromatic nitrogens is 1. The van der Waals surface area contributed by atoms with Gasteiger partial charge in [-0.15, -0.1) is 0 Å². The van der Waals surface area contributed by atoms with Gasteiger partial charge in [-0.2, -0.15) is 4.99 Å². The number of hydrogen-bond acceptors (Lipinski definition) is 4. The Balaban J connectivity index is 1.88. The molecule has 0 fully saturated rings. The van der Waals surface area contributed by atoms with Gasteiger partial charge in [0, 0.05) is 13.0 Å². The van der Waals surface area contributed by atoms with E-state index in [1.54, 1.807) is 30.3 Å². The number of sulfone groups is 1. The van der Waals surface area contributed by atoms with Gasteiger partial charge in [0.25, 0.3) is 0 Å². The lowest BCUT2D eigenvalue weighted by Crippen LogP contribution is -2.18. The molecule has 0 spiro atoms. The maximum absolute atomic E-state index is 12.4. The Morgan fingerprint density at radius 1 is 1.07 bits per heavy atom. The number of aryl methyl sites for hydroxylation is 2. The van der Waals surface area contributed by atoms with Gasteiger partial charge in [-0.05, 0) is 37.1 Å². The molecule has 0 N–H and O–H groups in total. The summed E-state index contributed by atoms with van der Waals surface area (Å²) < 4.78 is 27.8. The van der Waals surface area contributed by atoms with Crippen LogP contribution in [0.3, 0.4) is 0 Å². The van der Waals surface area contributed by atoms with Crippen molar-refractivity contribution in [3.63, 3.8) is 0 Å². The largest absolute Gasteiger partial charge is 0.316 e. The number of carbonyl (C=O) groups excluding carboxylic acids is 1. The molecule has 0 saturated heterocycles.